The molecule has 1 aromatic rings. The van der Waals surface area contributed by atoms with Crippen molar-refractivity contribution in [3.8, 4) is 0 Å². The first-order chi connectivity index (χ1) is 9.09. The molecule has 2 rings (SSSR count). The summed E-state index contributed by atoms with van der Waals surface area (Å²) in [6.45, 7) is 0. The minimum absolute atomic E-state index is 0.0845. The van der Waals surface area contributed by atoms with Crippen LogP contribution < -0.4 is 5.32 Å². The maximum atomic E-state index is 12.1. The van der Waals surface area contributed by atoms with Crippen molar-refractivity contribution in [3.05, 3.63) is 40.4 Å². The molecule has 0 bridgehead atoms. The number of hydrogen-bond acceptors (Lipinski definition) is 2. The van der Waals surface area contributed by atoms with Crippen LogP contribution >= 0.6 is 15.9 Å². The molecule has 5 heteroatoms. The number of carboxylic acid groups (broad SMARTS) is 1. The summed E-state index contributed by atoms with van der Waals surface area (Å²) in [4.78, 5) is 23.3. The first kappa shape index (κ1) is 13.8. The van der Waals surface area contributed by atoms with Crippen LogP contribution in [-0.2, 0) is 4.79 Å². The van der Waals surface area contributed by atoms with Gasteiger partial charge in [0, 0.05) is 10.4 Å². The third kappa shape index (κ3) is 3.23. The Hall–Kier alpha value is -1.62. The molecule has 0 saturated carbocycles. The highest BCUT2D eigenvalue weighted by atomic mass is 79.9. The van der Waals surface area contributed by atoms with Gasteiger partial charge in [-0.2, -0.15) is 0 Å². The number of halogens is 1. The van der Waals surface area contributed by atoms with Crippen LogP contribution in [-0.4, -0.2) is 17.0 Å². The van der Waals surface area contributed by atoms with E-state index in [0.29, 0.717) is 16.6 Å². The SMILES string of the molecule is O=C(O)c1cccc(Br)c1NC(=O)C1CC=CCC1. The van der Waals surface area contributed by atoms with E-state index in [1.807, 2.05) is 6.08 Å². The molecule has 0 aromatic heterocycles. The van der Waals surface area contributed by atoms with Gasteiger partial charge in [-0.1, -0.05) is 18.2 Å². The molecular formula is C14H14BrNO3. The average molecular weight is 324 g/mol. The Bertz CT molecular complexity index is 539. The molecule has 1 aromatic carbocycles. The van der Waals surface area contributed by atoms with E-state index in [1.165, 1.54) is 6.07 Å². The molecule has 4 nitrogen and oxygen atoms in total. The third-order valence-electron chi connectivity index (χ3n) is 3.13. The molecule has 1 atom stereocenters. The van der Waals surface area contributed by atoms with Gasteiger partial charge in [-0.05, 0) is 47.3 Å². The second-order valence-corrected chi connectivity index (χ2v) is 5.29. The fourth-order valence-corrected chi connectivity index (χ4v) is 2.55. The Labute approximate surface area is 119 Å². The van der Waals surface area contributed by atoms with Gasteiger partial charge in [-0.25, -0.2) is 4.79 Å². The lowest BCUT2D eigenvalue weighted by molar-refractivity contribution is -0.120. The summed E-state index contributed by atoms with van der Waals surface area (Å²) in [7, 11) is 0. The summed E-state index contributed by atoms with van der Waals surface area (Å²) in [5.74, 6) is -1.27. The van der Waals surface area contributed by atoms with Crippen molar-refractivity contribution in [2.45, 2.75) is 19.3 Å². The van der Waals surface area contributed by atoms with E-state index in [-0.39, 0.29) is 17.4 Å². The molecular weight excluding hydrogens is 310 g/mol. The van der Waals surface area contributed by atoms with Crippen molar-refractivity contribution < 1.29 is 14.7 Å². The number of carbonyl (C=O) groups excluding carboxylic acids is 1. The standard InChI is InChI=1S/C14H14BrNO3/c15-11-8-4-7-10(14(18)19)12(11)16-13(17)9-5-2-1-3-6-9/h1-2,4,7-9H,3,5-6H2,(H,16,17)(H,18,19). The Morgan fingerprint density at radius 2 is 2.11 bits per heavy atom. The van der Waals surface area contributed by atoms with Gasteiger partial charge in [0.05, 0.1) is 11.3 Å². The van der Waals surface area contributed by atoms with Gasteiger partial charge in [-0.3, -0.25) is 4.79 Å². The molecule has 0 saturated heterocycles. The molecule has 0 aliphatic heterocycles. The van der Waals surface area contributed by atoms with Crippen LogP contribution in [0, 0.1) is 5.92 Å². The monoisotopic (exact) mass is 323 g/mol. The lowest BCUT2D eigenvalue weighted by Crippen LogP contribution is -2.24. The van der Waals surface area contributed by atoms with Gasteiger partial charge in [0.1, 0.15) is 0 Å². The Balaban J connectivity index is 2.20. The van der Waals surface area contributed by atoms with Gasteiger partial charge in [0.25, 0.3) is 0 Å². The number of anilines is 1. The van der Waals surface area contributed by atoms with Crippen molar-refractivity contribution in [2.75, 3.05) is 5.32 Å². The van der Waals surface area contributed by atoms with Crippen LogP contribution in [0.25, 0.3) is 0 Å². The number of para-hydroxylation sites is 1. The smallest absolute Gasteiger partial charge is 0.337 e. The summed E-state index contributed by atoms with van der Waals surface area (Å²) in [5, 5.41) is 11.9. The van der Waals surface area contributed by atoms with Gasteiger partial charge < -0.3 is 10.4 Å². The first-order valence-electron chi connectivity index (χ1n) is 6.07. The lowest BCUT2D eigenvalue weighted by atomic mass is 9.93. The Morgan fingerprint density at radius 3 is 2.74 bits per heavy atom. The lowest BCUT2D eigenvalue weighted by Gasteiger charge is -2.18. The fraction of sp³-hybridized carbons (Fsp3) is 0.286. The van der Waals surface area contributed by atoms with E-state index in [9.17, 15) is 9.59 Å². The summed E-state index contributed by atoms with van der Waals surface area (Å²) in [5.41, 5.74) is 0.420. The van der Waals surface area contributed by atoms with E-state index in [4.69, 9.17) is 5.11 Å². The normalized spacial score (nSPS) is 18.1. The number of amides is 1. The van der Waals surface area contributed by atoms with Gasteiger partial charge in [0.15, 0.2) is 0 Å². The number of allylic oxidation sites excluding steroid dienone is 2. The summed E-state index contributed by atoms with van der Waals surface area (Å²) >= 11 is 3.28. The predicted molar refractivity (Wildman–Crippen MR) is 76.2 cm³/mol. The number of benzene rings is 1. The van der Waals surface area contributed by atoms with E-state index in [0.717, 1.165) is 12.8 Å². The molecule has 2 N–H and O–H groups in total. The first-order valence-corrected chi connectivity index (χ1v) is 6.86. The largest absolute Gasteiger partial charge is 0.478 e. The number of carbonyl (C=O) groups is 2. The number of aromatic carboxylic acids is 1. The van der Waals surface area contributed by atoms with Gasteiger partial charge in [0.2, 0.25) is 5.91 Å². The molecule has 0 fully saturated rings. The van der Waals surface area contributed by atoms with E-state index < -0.39 is 5.97 Å². The summed E-state index contributed by atoms with van der Waals surface area (Å²) in [6, 6.07) is 4.82. The molecule has 19 heavy (non-hydrogen) atoms. The Morgan fingerprint density at radius 1 is 1.32 bits per heavy atom. The van der Waals surface area contributed by atoms with Crippen LogP contribution in [0.5, 0.6) is 0 Å². The highest BCUT2D eigenvalue weighted by Crippen LogP contribution is 2.28. The van der Waals surface area contributed by atoms with Crippen LogP contribution in [0.1, 0.15) is 29.6 Å². The van der Waals surface area contributed by atoms with Crippen molar-refractivity contribution >= 4 is 33.5 Å². The second kappa shape index (κ2) is 6.02. The Kier molecular flexibility index (Phi) is 4.37. The van der Waals surface area contributed by atoms with Crippen LogP contribution in [0.4, 0.5) is 5.69 Å². The highest BCUT2D eigenvalue weighted by Gasteiger charge is 2.21. The van der Waals surface area contributed by atoms with Crippen molar-refractivity contribution in [1.29, 1.82) is 0 Å². The molecule has 100 valence electrons. The van der Waals surface area contributed by atoms with Crippen molar-refractivity contribution in [2.24, 2.45) is 5.92 Å². The quantitative estimate of drug-likeness (QED) is 0.837. The third-order valence-corrected chi connectivity index (χ3v) is 3.79. The van der Waals surface area contributed by atoms with Crippen LogP contribution in [0.15, 0.2) is 34.8 Å². The topological polar surface area (TPSA) is 66.4 Å². The number of hydrogen-bond donors (Lipinski definition) is 2. The van der Waals surface area contributed by atoms with E-state index in [1.54, 1.807) is 12.1 Å². The number of nitrogens with one attached hydrogen (secondary N) is 1. The average Bonchev–Trinajstić information content (AvgIpc) is 2.41. The second-order valence-electron chi connectivity index (χ2n) is 4.44. The maximum Gasteiger partial charge on any atom is 0.337 e. The zero-order chi connectivity index (χ0) is 13.8. The van der Waals surface area contributed by atoms with E-state index in [2.05, 4.69) is 27.3 Å². The molecule has 1 unspecified atom stereocenters. The van der Waals surface area contributed by atoms with Crippen LogP contribution in [0.3, 0.4) is 0 Å². The zero-order valence-electron chi connectivity index (χ0n) is 10.2. The van der Waals surface area contributed by atoms with E-state index >= 15 is 0 Å². The molecule has 0 heterocycles. The summed E-state index contributed by atoms with van der Waals surface area (Å²) in [6.07, 6.45) is 6.45. The van der Waals surface area contributed by atoms with Gasteiger partial charge >= 0.3 is 5.97 Å². The van der Waals surface area contributed by atoms with Crippen molar-refractivity contribution in [1.82, 2.24) is 0 Å². The summed E-state index contributed by atoms with van der Waals surface area (Å²) < 4.78 is 0.576. The minimum atomic E-state index is -1.06. The molecule has 0 radical (unpaired) electrons. The maximum absolute atomic E-state index is 12.1. The van der Waals surface area contributed by atoms with Gasteiger partial charge in [-0.15, -0.1) is 0 Å². The van der Waals surface area contributed by atoms with Crippen molar-refractivity contribution in [3.63, 3.8) is 0 Å². The highest BCUT2D eigenvalue weighted by molar-refractivity contribution is 9.10. The fourth-order valence-electron chi connectivity index (χ4n) is 2.09. The zero-order valence-corrected chi connectivity index (χ0v) is 11.8. The number of carboxylic acids is 1. The predicted octanol–water partition coefficient (Wildman–Crippen LogP) is 3.44. The van der Waals surface area contributed by atoms with Crippen LogP contribution in [0.2, 0.25) is 0 Å². The number of rotatable bonds is 3. The molecule has 0 spiro atoms. The molecule has 1 amide bonds. The minimum Gasteiger partial charge on any atom is -0.478 e. The molecule has 1 aliphatic carbocycles. The molecule has 1 aliphatic rings.